The number of nitrogens with one attached hydrogen (secondary N) is 3. The van der Waals surface area contributed by atoms with Crippen molar-refractivity contribution in [3.05, 3.63) is 95.6 Å². The lowest BCUT2D eigenvalue weighted by atomic mass is 9.98. The number of carboxylic acid groups (broad SMARTS) is 1. The molecule has 3 amide bonds. The second-order valence-corrected chi connectivity index (χ2v) is 11.7. The maximum atomic E-state index is 13.4. The number of fused-ring (bicyclic) bond motifs is 3. The summed E-state index contributed by atoms with van der Waals surface area (Å²) in [6.07, 6.45) is 2.48. The number of carbonyl (C=O) groups excluding carboxylic acids is 3. The number of hydrogen-bond donors (Lipinski definition) is 4. The number of rotatable bonds is 15. The summed E-state index contributed by atoms with van der Waals surface area (Å²) in [6, 6.07) is 22.0. The van der Waals surface area contributed by atoms with E-state index >= 15 is 0 Å². The molecule has 0 unspecified atom stereocenters. The third-order valence-electron chi connectivity index (χ3n) is 7.67. The SMILES string of the molecule is CCC[C@H](NC(=O)[C@H](CCSC)NC(=O)OCC1c2ccccc2-c2ccccc21)C(=O)N[C@@H](Cc1ccccc1)C(=O)O. The molecule has 4 N–H and O–H groups in total. The van der Waals surface area contributed by atoms with Crippen molar-refractivity contribution >= 4 is 35.6 Å². The Kier molecular flexibility index (Phi) is 11.8. The number of thioether (sulfide) groups is 1. The van der Waals surface area contributed by atoms with Crippen LogP contribution in [0.2, 0.25) is 0 Å². The molecule has 9 nitrogen and oxygen atoms in total. The van der Waals surface area contributed by atoms with Gasteiger partial charge in [0.15, 0.2) is 0 Å². The molecular weight excluding hydrogens is 578 g/mol. The first-order valence-corrected chi connectivity index (χ1v) is 16.2. The van der Waals surface area contributed by atoms with Gasteiger partial charge in [-0.3, -0.25) is 9.59 Å². The number of hydrogen-bond acceptors (Lipinski definition) is 6. The standard InChI is InChI=1S/C34H39N3O6S/c1-3-11-28(31(38)36-30(33(40)41)20-22-12-5-4-6-13-22)35-32(39)29(18-19-44-2)37-34(42)43-21-27-25-16-9-7-14-23(25)24-15-8-10-17-26(24)27/h4-10,12-17,27-30H,3,11,18-21H2,1-2H3,(H,35,39)(H,36,38)(H,37,42)(H,40,41)/t28-,29-,30-/m0/s1. The van der Waals surface area contributed by atoms with E-state index in [1.807, 2.05) is 55.6 Å². The van der Waals surface area contributed by atoms with Crippen LogP contribution in [-0.2, 0) is 25.5 Å². The molecule has 0 fully saturated rings. The molecule has 0 aromatic heterocycles. The van der Waals surface area contributed by atoms with E-state index in [1.165, 1.54) is 11.8 Å². The quantitative estimate of drug-likeness (QED) is 0.194. The molecule has 0 aliphatic heterocycles. The van der Waals surface area contributed by atoms with Gasteiger partial charge in [0.25, 0.3) is 0 Å². The Labute approximate surface area is 262 Å². The summed E-state index contributed by atoms with van der Waals surface area (Å²) >= 11 is 1.52. The lowest BCUT2D eigenvalue weighted by Gasteiger charge is -2.24. The summed E-state index contributed by atoms with van der Waals surface area (Å²) in [6.45, 7) is 1.97. The molecule has 0 radical (unpaired) electrons. The Bertz CT molecular complexity index is 1400. The second kappa shape index (κ2) is 16.0. The maximum Gasteiger partial charge on any atom is 0.407 e. The predicted octanol–water partition coefficient (Wildman–Crippen LogP) is 4.74. The van der Waals surface area contributed by atoms with Crippen LogP contribution in [0.15, 0.2) is 78.9 Å². The highest BCUT2D eigenvalue weighted by Crippen LogP contribution is 2.44. The van der Waals surface area contributed by atoms with Gasteiger partial charge < -0.3 is 25.8 Å². The zero-order valence-corrected chi connectivity index (χ0v) is 25.8. The van der Waals surface area contributed by atoms with E-state index in [0.717, 1.165) is 27.8 Å². The topological polar surface area (TPSA) is 134 Å². The average Bonchev–Trinajstić information content (AvgIpc) is 3.35. The van der Waals surface area contributed by atoms with Crippen LogP contribution in [-0.4, -0.2) is 65.7 Å². The largest absolute Gasteiger partial charge is 0.480 e. The number of alkyl carbamates (subject to hydrolysis) is 1. The molecule has 3 atom stereocenters. The molecule has 0 saturated heterocycles. The van der Waals surface area contributed by atoms with Crippen LogP contribution in [0.1, 0.15) is 48.8 Å². The van der Waals surface area contributed by atoms with E-state index in [9.17, 15) is 24.3 Å². The minimum Gasteiger partial charge on any atom is -0.480 e. The van der Waals surface area contributed by atoms with Crippen molar-refractivity contribution in [1.82, 2.24) is 16.0 Å². The van der Waals surface area contributed by atoms with Gasteiger partial charge in [-0.2, -0.15) is 11.8 Å². The number of benzene rings is 3. The molecule has 1 aliphatic carbocycles. The van der Waals surface area contributed by atoms with Crippen LogP contribution in [0.3, 0.4) is 0 Å². The molecule has 1 aliphatic rings. The predicted molar refractivity (Wildman–Crippen MR) is 172 cm³/mol. The third-order valence-corrected chi connectivity index (χ3v) is 8.31. The molecule has 4 rings (SSSR count). The van der Waals surface area contributed by atoms with E-state index in [2.05, 4.69) is 28.1 Å². The molecule has 10 heteroatoms. The van der Waals surface area contributed by atoms with Gasteiger partial charge in [0.1, 0.15) is 24.7 Å². The fraction of sp³-hybridized carbons (Fsp3) is 0.353. The first kappa shape index (κ1) is 32.6. The van der Waals surface area contributed by atoms with Gasteiger partial charge in [-0.05, 0) is 52.7 Å². The summed E-state index contributed by atoms with van der Waals surface area (Å²) in [5.41, 5.74) is 5.16. The highest BCUT2D eigenvalue weighted by molar-refractivity contribution is 7.98. The zero-order chi connectivity index (χ0) is 31.5. The van der Waals surface area contributed by atoms with E-state index in [4.69, 9.17) is 4.74 Å². The second-order valence-electron chi connectivity index (χ2n) is 10.7. The fourth-order valence-corrected chi connectivity index (χ4v) is 5.91. The monoisotopic (exact) mass is 617 g/mol. The van der Waals surface area contributed by atoms with Crippen molar-refractivity contribution in [1.29, 1.82) is 0 Å². The molecule has 0 spiro atoms. The molecule has 44 heavy (non-hydrogen) atoms. The zero-order valence-electron chi connectivity index (χ0n) is 25.0. The lowest BCUT2D eigenvalue weighted by Crippen LogP contribution is -2.56. The van der Waals surface area contributed by atoms with Gasteiger partial charge in [0.05, 0.1) is 0 Å². The molecule has 0 saturated carbocycles. The summed E-state index contributed by atoms with van der Waals surface area (Å²) in [4.78, 5) is 51.5. The molecule has 3 aromatic carbocycles. The van der Waals surface area contributed by atoms with Crippen molar-refractivity contribution in [3.63, 3.8) is 0 Å². The summed E-state index contributed by atoms with van der Waals surface area (Å²) < 4.78 is 5.65. The first-order chi connectivity index (χ1) is 21.3. The minimum atomic E-state index is -1.17. The summed E-state index contributed by atoms with van der Waals surface area (Å²) in [5.74, 6) is -1.82. The lowest BCUT2D eigenvalue weighted by molar-refractivity contribution is -0.142. The number of aliphatic carboxylic acids is 1. The third kappa shape index (κ3) is 8.41. The van der Waals surface area contributed by atoms with Crippen LogP contribution in [0.4, 0.5) is 4.79 Å². The van der Waals surface area contributed by atoms with Crippen molar-refractivity contribution in [2.75, 3.05) is 18.6 Å². The van der Waals surface area contributed by atoms with Crippen LogP contribution >= 0.6 is 11.8 Å². The first-order valence-electron chi connectivity index (χ1n) is 14.8. The molecule has 3 aromatic rings. The van der Waals surface area contributed by atoms with Gasteiger partial charge >= 0.3 is 12.1 Å². The number of ether oxygens (including phenoxy) is 1. The van der Waals surface area contributed by atoms with Gasteiger partial charge in [0.2, 0.25) is 11.8 Å². The van der Waals surface area contributed by atoms with Crippen molar-refractivity contribution in [2.24, 2.45) is 0 Å². The average molecular weight is 618 g/mol. The molecule has 0 bridgehead atoms. The normalized spacial score (nSPS) is 14.0. The number of amides is 3. The molecule has 232 valence electrons. The highest BCUT2D eigenvalue weighted by Gasteiger charge is 2.31. The van der Waals surface area contributed by atoms with E-state index in [-0.39, 0.29) is 18.9 Å². The fourth-order valence-electron chi connectivity index (χ4n) is 5.44. The smallest absolute Gasteiger partial charge is 0.407 e. The molecule has 0 heterocycles. The van der Waals surface area contributed by atoms with Crippen LogP contribution in [0.25, 0.3) is 11.1 Å². The Hall–Kier alpha value is -4.31. The van der Waals surface area contributed by atoms with Crippen LogP contribution in [0.5, 0.6) is 0 Å². The Morgan fingerprint density at radius 1 is 0.773 bits per heavy atom. The van der Waals surface area contributed by atoms with E-state index < -0.39 is 42.0 Å². The molecular formula is C34H39N3O6S. The van der Waals surface area contributed by atoms with Crippen LogP contribution < -0.4 is 16.0 Å². The van der Waals surface area contributed by atoms with Crippen molar-refractivity contribution in [3.8, 4) is 11.1 Å². The summed E-state index contributed by atoms with van der Waals surface area (Å²) in [7, 11) is 0. The summed E-state index contributed by atoms with van der Waals surface area (Å²) in [5, 5.41) is 17.7. The number of carboxylic acids is 1. The maximum absolute atomic E-state index is 13.4. The van der Waals surface area contributed by atoms with E-state index in [1.54, 1.807) is 24.3 Å². The van der Waals surface area contributed by atoms with Gasteiger partial charge in [-0.15, -0.1) is 0 Å². The number of carbonyl (C=O) groups is 4. The van der Waals surface area contributed by atoms with Gasteiger partial charge in [-0.25, -0.2) is 9.59 Å². The highest BCUT2D eigenvalue weighted by atomic mass is 32.2. The Balaban J connectivity index is 1.39. The van der Waals surface area contributed by atoms with Crippen molar-refractivity contribution in [2.45, 2.75) is 56.7 Å². The van der Waals surface area contributed by atoms with E-state index in [0.29, 0.717) is 25.0 Å². The Morgan fingerprint density at radius 3 is 1.89 bits per heavy atom. The van der Waals surface area contributed by atoms with Gasteiger partial charge in [-0.1, -0.05) is 92.2 Å². The minimum absolute atomic E-state index is 0.106. The van der Waals surface area contributed by atoms with Crippen molar-refractivity contribution < 1.29 is 29.0 Å². The Morgan fingerprint density at radius 2 is 1.32 bits per heavy atom. The van der Waals surface area contributed by atoms with Gasteiger partial charge in [0, 0.05) is 12.3 Å². The van der Waals surface area contributed by atoms with Crippen LogP contribution in [0, 0.1) is 0 Å².